The predicted octanol–water partition coefficient (Wildman–Crippen LogP) is 4.40. The van der Waals surface area contributed by atoms with Crippen LogP contribution < -0.4 is 20.7 Å². The van der Waals surface area contributed by atoms with Gasteiger partial charge in [-0.15, -0.1) is 0 Å². The van der Waals surface area contributed by atoms with Crippen molar-refractivity contribution in [3.8, 4) is 23.1 Å². The van der Waals surface area contributed by atoms with Crippen molar-refractivity contribution < 1.29 is 36.6 Å². The van der Waals surface area contributed by atoms with Crippen LogP contribution in [0.1, 0.15) is 31.4 Å². The molecule has 0 bridgehead atoms. The highest BCUT2D eigenvalue weighted by Crippen LogP contribution is 2.36. The second-order valence-corrected chi connectivity index (χ2v) is 8.78. The normalized spacial score (nSPS) is 13.9. The number of pyridine rings is 1. The van der Waals surface area contributed by atoms with E-state index in [1.807, 2.05) is 0 Å². The van der Waals surface area contributed by atoms with E-state index in [9.17, 15) is 31.9 Å². The van der Waals surface area contributed by atoms with Crippen molar-refractivity contribution in [3.05, 3.63) is 73.9 Å². The molecule has 2 heterocycles. The van der Waals surface area contributed by atoms with Crippen LogP contribution in [-0.2, 0) is 22.8 Å². The van der Waals surface area contributed by atoms with Crippen LogP contribution in [0.3, 0.4) is 0 Å². The van der Waals surface area contributed by atoms with Gasteiger partial charge in [0.1, 0.15) is 23.4 Å². The van der Waals surface area contributed by atoms with E-state index in [4.69, 9.17) is 25.8 Å². The molecule has 1 saturated carbocycles. The van der Waals surface area contributed by atoms with Crippen molar-refractivity contribution in [2.45, 2.75) is 38.0 Å². The quantitative estimate of drug-likeness (QED) is 0.313. The number of nitrogens with zero attached hydrogens (tertiary/aromatic N) is 3. The summed E-state index contributed by atoms with van der Waals surface area (Å²) in [6, 6.07) is 4.64. The second-order valence-electron chi connectivity index (χ2n) is 8.37. The molecule has 9 nitrogen and oxygen atoms in total. The SMILES string of the molecule is Cn1c(C(F)(F)F)cc(=O)n(-c2cc(Oc3cccnc3OCC(=O)OC3CCCC3)c(Cl)cc2F)c1=O. The number of hydrogen-bond donors (Lipinski definition) is 0. The fourth-order valence-corrected chi connectivity index (χ4v) is 4.11. The maximum absolute atomic E-state index is 14.8. The number of carbonyl (C=O) groups excluding carboxylic acids is 1. The highest BCUT2D eigenvalue weighted by Gasteiger charge is 2.35. The van der Waals surface area contributed by atoms with Crippen molar-refractivity contribution in [2.24, 2.45) is 7.05 Å². The van der Waals surface area contributed by atoms with Gasteiger partial charge in [0.2, 0.25) is 0 Å². The summed E-state index contributed by atoms with van der Waals surface area (Å²) in [7, 11) is 0.795. The Labute approximate surface area is 217 Å². The minimum atomic E-state index is -4.99. The average molecular weight is 558 g/mol. The van der Waals surface area contributed by atoms with Crippen LogP contribution in [-0.4, -0.2) is 32.8 Å². The Kier molecular flexibility index (Phi) is 7.76. The molecule has 0 unspecified atom stereocenters. The Bertz CT molecular complexity index is 1480. The predicted molar refractivity (Wildman–Crippen MR) is 125 cm³/mol. The van der Waals surface area contributed by atoms with E-state index in [2.05, 4.69) is 4.98 Å². The molecule has 0 N–H and O–H groups in total. The Morgan fingerprint density at radius 1 is 1.16 bits per heavy atom. The van der Waals surface area contributed by atoms with Crippen LogP contribution >= 0.6 is 11.6 Å². The Hall–Kier alpha value is -3.87. The molecule has 0 spiro atoms. The van der Waals surface area contributed by atoms with Crippen LogP contribution in [0.5, 0.6) is 17.4 Å². The molecule has 38 heavy (non-hydrogen) atoms. The van der Waals surface area contributed by atoms with Crippen LogP contribution in [0.4, 0.5) is 17.6 Å². The summed E-state index contributed by atoms with van der Waals surface area (Å²) in [5.74, 6) is -2.25. The molecular weight excluding hydrogens is 538 g/mol. The van der Waals surface area contributed by atoms with E-state index in [0.29, 0.717) is 0 Å². The molecule has 1 fully saturated rings. The van der Waals surface area contributed by atoms with Gasteiger partial charge in [0.25, 0.3) is 11.4 Å². The number of rotatable bonds is 7. The molecular formula is C24H20ClF4N3O6. The van der Waals surface area contributed by atoms with Crippen molar-refractivity contribution in [1.29, 1.82) is 0 Å². The number of benzene rings is 1. The number of halogens is 5. The number of aromatic nitrogens is 3. The lowest BCUT2D eigenvalue weighted by atomic mass is 10.2. The molecule has 2 aromatic heterocycles. The molecule has 202 valence electrons. The summed E-state index contributed by atoms with van der Waals surface area (Å²) < 4.78 is 71.1. The smallest absolute Gasteiger partial charge is 0.431 e. The first-order valence-electron chi connectivity index (χ1n) is 11.3. The fraction of sp³-hybridized carbons (Fsp3) is 0.333. The summed E-state index contributed by atoms with van der Waals surface area (Å²) >= 11 is 6.09. The number of alkyl halides is 3. The molecule has 4 rings (SSSR count). The van der Waals surface area contributed by atoms with Crippen LogP contribution in [0, 0.1) is 5.82 Å². The number of esters is 1. The minimum absolute atomic E-state index is 0.0618. The molecule has 1 aliphatic carbocycles. The maximum atomic E-state index is 14.8. The van der Waals surface area contributed by atoms with E-state index in [1.54, 1.807) is 0 Å². The van der Waals surface area contributed by atoms with E-state index >= 15 is 0 Å². The topological polar surface area (TPSA) is 102 Å². The number of hydrogen-bond acceptors (Lipinski definition) is 7. The average Bonchev–Trinajstić information content (AvgIpc) is 3.35. The lowest BCUT2D eigenvalue weighted by Gasteiger charge is -2.16. The third-order valence-corrected chi connectivity index (χ3v) is 6.03. The van der Waals surface area contributed by atoms with Gasteiger partial charge < -0.3 is 14.2 Å². The minimum Gasteiger partial charge on any atom is -0.463 e. The van der Waals surface area contributed by atoms with Gasteiger partial charge in [-0.25, -0.2) is 23.5 Å². The largest absolute Gasteiger partial charge is 0.463 e. The maximum Gasteiger partial charge on any atom is 0.431 e. The van der Waals surface area contributed by atoms with E-state index in [1.165, 1.54) is 18.3 Å². The molecule has 0 atom stereocenters. The molecule has 0 amide bonds. The van der Waals surface area contributed by atoms with Crippen LogP contribution in [0.25, 0.3) is 5.69 Å². The summed E-state index contributed by atoms with van der Waals surface area (Å²) in [6.45, 7) is -0.469. The standard InChI is InChI=1S/C24H20ClF4N3O6/c1-31-19(24(27,28)29)11-20(33)32(23(31)35)16-10-18(14(25)9-15(16)26)38-17-7-4-8-30-22(17)36-12-21(34)37-13-5-2-3-6-13/h4,7-11,13H,2-3,5-6,12H2,1H3. The first kappa shape index (κ1) is 27.2. The third-order valence-electron chi connectivity index (χ3n) is 5.74. The van der Waals surface area contributed by atoms with Crippen LogP contribution in [0.2, 0.25) is 5.02 Å². The van der Waals surface area contributed by atoms with Gasteiger partial charge in [0.15, 0.2) is 12.4 Å². The second kappa shape index (κ2) is 10.9. The highest BCUT2D eigenvalue weighted by molar-refractivity contribution is 6.32. The van der Waals surface area contributed by atoms with Gasteiger partial charge in [-0.05, 0) is 43.9 Å². The molecule has 1 aliphatic rings. The molecule has 1 aromatic carbocycles. The highest BCUT2D eigenvalue weighted by atomic mass is 35.5. The van der Waals surface area contributed by atoms with E-state index in [-0.39, 0.29) is 43.7 Å². The van der Waals surface area contributed by atoms with Gasteiger partial charge in [0.05, 0.1) is 10.7 Å². The first-order chi connectivity index (χ1) is 18.0. The summed E-state index contributed by atoms with van der Waals surface area (Å²) in [5.41, 5.74) is -5.06. The van der Waals surface area contributed by atoms with Crippen molar-refractivity contribution in [3.63, 3.8) is 0 Å². The Balaban J connectivity index is 1.63. The first-order valence-corrected chi connectivity index (χ1v) is 11.7. The number of carbonyl (C=O) groups is 1. The zero-order valence-electron chi connectivity index (χ0n) is 19.8. The lowest BCUT2D eigenvalue weighted by molar-refractivity contribution is -0.151. The molecule has 3 aromatic rings. The molecule has 0 radical (unpaired) electrons. The van der Waals surface area contributed by atoms with Gasteiger partial charge in [-0.3, -0.25) is 9.36 Å². The van der Waals surface area contributed by atoms with Crippen LogP contribution in [0.15, 0.2) is 46.1 Å². The van der Waals surface area contributed by atoms with Gasteiger partial charge >= 0.3 is 17.8 Å². The monoisotopic (exact) mass is 557 g/mol. The van der Waals surface area contributed by atoms with Gasteiger partial charge in [-0.2, -0.15) is 13.2 Å². The molecule has 0 aliphatic heterocycles. The van der Waals surface area contributed by atoms with Gasteiger partial charge in [0, 0.05) is 25.4 Å². The van der Waals surface area contributed by atoms with E-state index < -0.39 is 47.2 Å². The summed E-state index contributed by atoms with van der Waals surface area (Å²) in [6.07, 6.45) is -0.291. The Morgan fingerprint density at radius 2 is 1.87 bits per heavy atom. The van der Waals surface area contributed by atoms with Crippen molar-refractivity contribution in [1.82, 2.24) is 14.1 Å². The van der Waals surface area contributed by atoms with Crippen molar-refractivity contribution in [2.75, 3.05) is 6.61 Å². The fourth-order valence-electron chi connectivity index (χ4n) is 3.92. The third kappa shape index (κ3) is 5.82. The van der Waals surface area contributed by atoms with Crippen molar-refractivity contribution >= 4 is 17.6 Å². The van der Waals surface area contributed by atoms with E-state index in [0.717, 1.165) is 44.9 Å². The summed E-state index contributed by atoms with van der Waals surface area (Å²) in [5, 5.41) is -0.293. The lowest BCUT2D eigenvalue weighted by Crippen LogP contribution is -2.41. The molecule has 14 heteroatoms. The summed E-state index contributed by atoms with van der Waals surface area (Å²) in [4.78, 5) is 41.1. The Morgan fingerprint density at radius 3 is 2.55 bits per heavy atom. The van der Waals surface area contributed by atoms with Gasteiger partial charge in [-0.1, -0.05) is 11.6 Å². The zero-order valence-corrected chi connectivity index (χ0v) is 20.5. The number of ether oxygens (including phenoxy) is 3. The zero-order chi connectivity index (χ0) is 27.6. The molecule has 0 saturated heterocycles.